The maximum absolute atomic E-state index is 12.4. The van der Waals surface area contributed by atoms with Crippen molar-refractivity contribution in [1.82, 2.24) is 5.32 Å². The van der Waals surface area contributed by atoms with E-state index in [2.05, 4.69) is 5.32 Å². The van der Waals surface area contributed by atoms with Crippen molar-refractivity contribution in [2.45, 2.75) is 13.0 Å². The molecule has 114 valence electrons. The third-order valence-electron chi connectivity index (χ3n) is 3.39. The molecule has 1 atom stereocenters. The van der Waals surface area contributed by atoms with Crippen molar-refractivity contribution in [1.29, 1.82) is 0 Å². The highest BCUT2D eigenvalue weighted by Crippen LogP contribution is 2.21. The van der Waals surface area contributed by atoms with Crippen molar-refractivity contribution >= 4 is 16.9 Å². The lowest BCUT2D eigenvalue weighted by Gasteiger charge is -2.14. The number of para-hydroxylation sites is 1. The molecule has 2 heterocycles. The lowest BCUT2D eigenvalue weighted by Crippen LogP contribution is -2.30. The Morgan fingerprint density at radius 2 is 2.05 bits per heavy atom. The van der Waals surface area contributed by atoms with E-state index < -0.39 is 0 Å². The van der Waals surface area contributed by atoms with E-state index in [0.29, 0.717) is 18.0 Å². The van der Waals surface area contributed by atoms with Crippen LogP contribution in [0.25, 0.3) is 11.0 Å². The molecule has 1 amide bonds. The van der Waals surface area contributed by atoms with Crippen LogP contribution in [0.5, 0.6) is 0 Å². The molecule has 3 aromatic rings. The molecule has 1 N–H and O–H groups in total. The molecule has 1 aromatic carbocycles. The van der Waals surface area contributed by atoms with Crippen LogP contribution >= 0.6 is 0 Å². The quantitative estimate of drug-likeness (QED) is 0.783. The van der Waals surface area contributed by atoms with Gasteiger partial charge in [0.25, 0.3) is 5.91 Å². The molecule has 2 aromatic heterocycles. The van der Waals surface area contributed by atoms with E-state index in [-0.39, 0.29) is 17.7 Å². The summed E-state index contributed by atoms with van der Waals surface area (Å²) in [7, 11) is 1.58. The molecular formula is C17H17NO4. The highest BCUT2D eigenvalue weighted by Gasteiger charge is 2.21. The highest BCUT2D eigenvalue weighted by atomic mass is 16.5. The summed E-state index contributed by atoms with van der Waals surface area (Å²) in [6.45, 7) is 2.17. The van der Waals surface area contributed by atoms with Gasteiger partial charge in [0.15, 0.2) is 5.76 Å². The van der Waals surface area contributed by atoms with Crippen LogP contribution in [0.4, 0.5) is 0 Å². The molecule has 0 saturated heterocycles. The summed E-state index contributed by atoms with van der Waals surface area (Å²) in [5, 5.41) is 3.77. The summed E-state index contributed by atoms with van der Waals surface area (Å²) in [6, 6.07) is 12.5. The topological polar surface area (TPSA) is 64.6 Å². The van der Waals surface area contributed by atoms with Crippen LogP contribution < -0.4 is 5.32 Å². The third kappa shape index (κ3) is 2.89. The van der Waals surface area contributed by atoms with Gasteiger partial charge in [0, 0.05) is 12.5 Å². The Balaban J connectivity index is 1.81. The van der Waals surface area contributed by atoms with Gasteiger partial charge < -0.3 is 18.9 Å². The zero-order valence-corrected chi connectivity index (χ0v) is 12.5. The number of methoxy groups -OCH3 is 1. The molecule has 22 heavy (non-hydrogen) atoms. The van der Waals surface area contributed by atoms with E-state index >= 15 is 0 Å². The Hall–Kier alpha value is -2.53. The van der Waals surface area contributed by atoms with Gasteiger partial charge in [-0.3, -0.25) is 4.79 Å². The van der Waals surface area contributed by atoms with E-state index in [0.717, 1.165) is 11.1 Å². The zero-order valence-electron chi connectivity index (χ0n) is 12.5. The Morgan fingerprint density at radius 3 is 2.73 bits per heavy atom. The van der Waals surface area contributed by atoms with Gasteiger partial charge >= 0.3 is 0 Å². The molecule has 0 radical (unpaired) electrons. The number of nitrogens with one attached hydrogen (secondary N) is 1. The molecule has 0 aliphatic heterocycles. The fourth-order valence-electron chi connectivity index (χ4n) is 2.33. The second-order valence-corrected chi connectivity index (χ2v) is 5.08. The number of amides is 1. The Kier molecular flexibility index (Phi) is 3.98. The van der Waals surface area contributed by atoms with Crippen LogP contribution in [0.3, 0.4) is 0 Å². The molecule has 0 aliphatic carbocycles. The number of benzene rings is 1. The Morgan fingerprint density at radius 1 is 1.23 bits per heavy atom. The monoisotopic (exact) mass is 299 g/mol. The van der Waals surface area contributed by atoms with Gasteiger partial charge in [0.1, 0.15) is 23.1 Å². The van der Waals surface area contributed by atoms with Crippen LogP contribution in [0, 0.1) is 6.92 Å². The minimum atomic E-state index is -0.362. The summed E-state index contributed by atoms with van der Waals surface area (Å²) >= 11 is 0. The fraction of sp³-hybridized carbons (Fsp3) is 0.235. The van der Waals surface area contributed by atoms with Gasteiger partial charge in [-0.05, 0) is 31.2 Å². The predicted octanol–water partition coefficient (Wildman–Crippen LogP) is 3.45. The van der Waals surface area contributed by atoms with E-state index in [9.17, 15) is 4.79 Å². The van der Waals surface area contributed by atoms with Gasteiger partial charge in [0.2, 0.25) is 0 Å². The van der Waals surface area contributed by atoms with Crippen LogP contribution in [0.2, 0.25) is 0 Å². The average molecular weight is 299 g/mol. The minimum Gasteiger partial charge on any atom is -0.464 e. The summed E-state index contributed by atoms with van der Waals surface area (Å²) in [5.74, 6) is 1.41. The molecule has 3 rings (SSSR count). The SMILES string of the molecule is COC[C@H](NC(=O)c1cc2ccccc2o1)c1ccc(C)o1. The average Bonchev–Trinajstić information content (AvgIpc) is 3.12. The van der Waals surface area contributed by atoms with Gasteiger partial charge in [0.05, 0.1) is 6.61 Å². The van der Waals surface area contributed by atoms with E-state index in [1.54, 1.807) is 13.2 Å². The van der Waals surface area contributed by atoms with Gasteiger partial charge in [-0.2, -0.15) is 0 Å². The number of aryl methyl sites for hydroxylation is 1. The van der Waals surface area contributed by atoms with Crippen molar-refractivity contribution in [3.05, 3.63) is 59.7 Å². The summed E-state index contributed by atoms with van der Waals surface area (Å²) in [6.07, 6.45) is 0. The molecule has 0 spiro atoms. The number of ether oxygens (including phenoxy) is 1. The number of rotatable bonds is 5. The second-order valence-electron chi connectivity index (χ2n) is 5.08. The number of carbonyl (C=O) groups excluding carboxylic acids is 1. The first-order valence-electron chi connectivity index (χ1n) is 7.02. The smallest absolute Gasteiger partial charge is 0.287 e. The molecule has 0 fully saturated rings. The number of fused-ring (bicyclic) bond motifs is 1. The minimum absolute atomic E-state index is 0.269. The first-order valence-corrected chi connectivity index (χ1v) is 7.02. The Bertz CT molecular complexity index is 754. The molecule has 5 nitrogen and oxygen atoms in total. The maximum Gasteiger partial charge on any atom is 0.287 e. The van der Waals surface area contributed by atoms with E-state index in [1.807, 2.05) is 43.3 Å². The first kappa shape index (κ1) is 14.4. The highest BCUT2D eigenvalue weighted by molar-refractivity contribution is 5.96. The van der Waals surface area contributed by atoms with Crippen molar-refractivity contribution < 1.29 is 18.4 Å². The maximum atomic E-state index is 12.4. The van der Waals surface area contributed by atoms with Gasteiger partial charge in [-0.1, -0.05) is 18.2 Å². The zero-order chi connectivity index (χ0) is 15.5. The number of hydrogen-bond donors (Lipinski definition) is 1. The van der Waals surface area contributed by atoms with Crippen LogP contribution in [-0.2, 0) is 4.74 Å². The fourth-order valence-corrected chi connectivity index (χ4v) is 2.33. The van der Waals surface area contributed by atoms with E-state index in [4.69, 9.17) is 13.6 Å². The van der Waals surface area contributed by atoms with Gasteiger partial charge in [-0.15, -0.1) is 0 Å². The Labute approximate surface area is 127 Å². The van der Waals surface area contributed by atoms with Crippen molar-refractivity contribution in [2.24, 2.45) is 0 Å². The lowest BCUT2D eigenvalue weighted by atomic mass is 10.2. The van der Waals surface area contributed by atoms with Crippen LogP contribution in [-0.4, -0.2) is 19.6 Å². The van der Waals surface area contributed by atoms with Gasteiger partial charge in [-0.25, -0.2) is 0 Å². The molecule has 0 aliphatic rings. The normalized spacial score (nSPS) is 12.5. The second kappa shape index (κ2) is 6.07. The number of hydrogen-bond acceptors (Lipinski definition) is 4. The first-order chi connectivity index (χ1) is 10.7. The number of carbonyl (C=O) groups is 1. The van der Waals surface area contributed by atoms with Crippen molar-refractivity contribution in [3.63, 3.8) is 0 Å². The molecule has 0 bridgehead atoms. The summed E-state index contributed by atoms with van der Waals surface area (Å²) in [5.41, 5.74) is 0.685. The van der Waals surface area contributed by atoms with E-state index in [1.165, 1.54) is 0 Å². The van der Waals surface area contributed by atoms with Crippen LogP contribution in [0.1, 0.15) is 28.1 Å². The largest absolute Gasteiger partial charge is 0.464 e. The predicted molar refractivity (Wildman–Crippen MR) is 81.7 cm³/mol. The molecule has 0 unspecified atom stereocenters. The molecule has 5 heteroatoms. The lowest BCUT2D eigenvalue weighted by molar-refractivity contribution is 0.0857. The third-order valence-corrected chi connectivity index (χ3v) is 3.39. The molecular weight excluding hydrogens is 282 g/mol. The van der Waals surface area contributed by atoms with Crippen molar-refractivity contribution in [2.75, 3.05) is 13.7 Å². The number of furan rings is 2. The summed E-state index contributed by atoms with van der Waals surface area (Å²) in [4.78, 5) is 12.4. The molecule has 0 saturated carbocycles. The standard InChI is InChI=1S/C17H17NO4/c1-11-7-8-15(21-11)13(10-20-2)18-17(19)16-9-12-5-3-4-6-14(12)22-16/h3-9,13H,10H2,1-2H3,(H,18,19)/t13-/m0/s1. The van der Waals surface area contributed by atoms with Crippen molar-refractivity contribution in [3.8, 4) is 0 Å². The summed E-state index contributed by atoms with van der Waals surface area (Å²) < 4.78 is 16.3. The van der Waals surface area contributed by atoms with Crippen LogP contribution in [0.15, 0.2) is 51.3 Å².